The highest BCUT2D eigenvalue weighted by Crippen LogP contribution is 2.19. The number of hydrogen-bond acceptors (Lipinski definition) is 2. The SMILES string of the molecule is Cc1ccc(/C=C/CN)c(O)c1. The van der Waals surface area contributed by atoms with Gasteiger partial charge in [0.15, 0.2) is 0 Å². The average molecular weight is 163 g/mol. The van der Waals surface area contributed by atoms with E-state index in [1.54, 1.807) is 6.07 Å². The van der Waals surface area contributed by atoms with Gasteiger partial charge >= 0.3 is 0 Å². The van der Waals surface area contributed by atoms with Crippen molar-refractivity contribution in [1.82, 2.24) is 0 Å². The number of rotatable bonds is 2. The van der Waals surface area contributed by atoms with Gasteiger partial charge in [-0.3, -0.25) is 0 Å². The first-order valence-corrected chi connectivity index (χ1v) is 3.90. The van der Waals surface area contributed by atoms with E-state index in [1.165, 1.54) is 0 Å². The molecular formula is C10H13NO. The second-order valence-electron chi connectivity index (χ2n) is 2.70. The third kappa shape index (κ3) is 2.10. The quantitative estimate of drug-likeness (QED) is 0.696. The van der Waals surface area contributed by atoms with Crippen LogP contribution in [-0.2, 0) is 0 Å². The lowest BCUT2D eigenvalue weighted by atomic mass is 10.1. The monoisotopic (exact) mass is 163 g/mol. The minimum atomic E-state index is 0.305. The number of phenols is 1. The molecule has 0 aliphatic carbocycles. The highest BCUT2D eigenvalue weighted by atomic mass is 16.3. The number of aryl methyl sites for hydroxylation is 1. The first-order valence-electron chi connectivity index (χ1n) is 3.90. The third-order valence-corrected chi connectivity index (χ3v) is 1.62. The Labute approximate surface area is 72.3 Å². The van der Waals surface area contributed by atoms with Crippen LogP contribution in [0.2, 0.25) is 0 Å². The molecule has 1 aromatic rings. The normalized spacial score (nSPS) is 10.8. The molecule has 0 heterocycles. The van der Waals surface area contributed by atoms with E-state index >= 15 is 0 Å². The minimum Gasteiger partial charge on any atom is -0.507 e. The lowest BCUT2D eigenvalue weighted by Crippen LogP contribution is -1.91. The summed E-state index contributed by atoms with van der Waals surface area (Å²) in [5.74, 6) is 0.305. The van der Waals surface area contributed by atoms with Gasteiger partial charge in [-0.25, -0.2) is 0 Å². The van der Waals surface area contributed by atoms with Crippen LogP contribution in [0, 0.1) is 6.92 Å². The zero-order valence-corrected chi connectivity index (χ0v) is 7.12. The summed E-state index contributed by atoms with van der Waals surface area (Å²) >= 11 is 0. The maximum Gasteiger partial charge on any atom is 0.123 e. The maximum atomic E-state index is 9.43. The van der Waals surface area contributed by atoms with Crippen molar-refractivity contribution >= 4 is 6.08 Å². The molecule has 12 heavy (non-hydrogen) atoms. The van der Waals surface area contributed by atoms with Crippen LogP contribution in [0.1, 0.15) is 11.1 Å². The van der Waals surface area contributed by atoms with Gasteiger partial charge in [0.2, 0.25) is 0 Å². The Morgan fingerprint density at radius 1 is 1.50 bits per heavy atom. The third-order valence-electron chi connectivity index (χ3n) is 1.62. The zero-order chi connectivity index (χ0) is 8.97. The Hall–Kier alpha value is -1.28. The average Bonchev–Trinajstić information content (AvgIpc) is 2.03. The Bertz CT molecular complexity index is 292. The molecule has 0 unspecified atom stereocenters. The van der Waals surface area contributed by atoms with Crippen molar-refractivity contribution in [3.8, 4) is 5.75 Å². The van der Waals surface area contributed by atoms with Crippen molar-refractivity contribution in [2.75, 3.05) is 6.54 Å². The number of hydrogen-bond donors (Lipinski definition) is 2. The molecule has 1 rings (SSSR count). The van der Waals surface area contributed by atoms with Crippen LogP contribution in [0.5, 0.6) is 5.75 Å². The first kappa shape index (κ1) is 8.81. The van der Waals surface area contributed by atoms with Crippen LogP contribution in [0.4, 0.5) is 0 Å². The molecular weight excluding hydrogens is 150 g/mol. The molecule has 3 N–H and O–H groups in total. The van der Waals surface area contributed by atoms with E-state index in [1.807, 2.05) is 31.2 Å². The zero-order valence-electron chi connectivity index (χ0n) is 7.12. The number of phenolic OH excluding ortho intramolecular Hbond substituents is 1. The van der Waals surface area contributed by atoms with Crippen LogP contribution in [0.3, 0.4) is 0 Å². The molecule has 0 amide bonds. The van der Waals surface area contributed by atoms with Crippen LogP contribution in [0.15, 0.2) is 24.3 Å². The van der Waals surface area contributed by atoms with E-state index in [0.717, 1.165) is 11.1 Å². The summed E-state index contributed by atoms with van der Waals surface area (Å²) < 4.78 is 0. The molecule has 0 aliphatic rings. The van der Waals surface area contributed by atoms with Gasteiger partial charge in [-0.05, 0) is 18.6 Å². The smallest absolute Gasteiger partial charge is 0.123 e. The fourth-order valence-corrected chi connectivity index (χ4v) is 0.990. The molecule has 0 saturated carbocycles. The van der Waals surface area contributed by atoms with Crippen molar-refractivity contribution < 1.29 is 5.11 Å². The van der Waals surface area contributed by atoms with Gasteiger partial charge < -0.3 is 10.8 Å². The van der Waals surface area contributed by atoms with Gasteiger partial charge in [-0.15, -0.1) is 0 Å². The molecule has 0 saturated heterocycles. The van der Waals surface area contributed by atoms with Crippen molar-refractivity contribution in [3.05, 3.63) is 35.4 Å². The van der Waals surface area contributed by atoms with Gasteiger partial charge in [0.05, 0.1) is 0 Å². The second-order valence-corrected chi connectivity index (χ2v) is 2.70. The standard InChI is InChI=1S/C10H13NO/c1-8-4-5-9(3-2-6-11)10(12)7-8/h2-5,7,12H,6,11H2,1H3/b3-2+. The Morgan fingerprint density at radius 2 is 2.25 bits per heavy atom. The maximum absolute atomic E-state index is 9.43. The summed E-state index contributed by atoms with van der Waals surface area (Å²) in [6.07, 6.45) is 3.62. The fraction of sp³-hybridized carbons (Fsp3) is 0.200. The molecule has 0 aliphatic heterocycles. The van der Waals surface area contributed by atoms with E-state index in [4.69, 9.17) is 5.73 Å². The highest BCUT2D eigenvalue weighted by molar-refractivity contribution is 5.57. The Morgan fingerprint density at radius 3 is 2.83 bits per heavy atom. The molecule has 0 atom stereocenters. The minimum absolute atomic E-state index is 0.305. The molecule has 0 aromatic heterocycles. The lowest BCUT2D eigenvalue weighted by molar-refractivity contribution is 0.473. The predicted octanol–water partition coefficient (Wildman–Crippen LogP) is 1.67. The topological polar surface area (TPSA) is 46.2 Å². The Kier molecular flexibility index (Phi) is 2.88. The van der Waals surface area contributed by atoms with E-state index in [-0.39, 0.29) is 0 Å². The number of nitrogens with two attached hydrogens (primary N) is 1. The largest absolute Gasteiger partial charge is 0.507 e. The van der Waals surface area contributed by atoms with Crippen LogP contribution in [-0.4, -0.2) is 11.7 Å². The lowest BCUT2D eigenvalue weighted by Gasteiger charge is -1.99. The summed E-state index contributed by atoms with van der Waals surface area (Å²) in [5.41, 5.74) is 7.15. The molecule has 0 radical (unpaired) electrons. The highest BCUT2D eigenvalue weighted by Gasteiger charge is 1.95. The number of benzene rings is 1. The van der Waals surface area contributed by atoms with Gasteiger partial charge in [0.1, 0.15) is 5.75 Å². The molecule has 1 aromatic carbocycles. The predicted molar refractivity (Wildman–Crippen MR) is 50.9 cm³/mol. The fourth-order valence-electron chi connectivity index (χ4n) is 0.990. The summed E-state index contributed by atoms with van der Waals surface area (Å²) in [5, 5.41) is 9.43. The molecule has 2 nitrogen and oxygen atoms in total. The molecule has 64 valence electrons. The van der Waals surface area contributed by atoms with E-state index in [2.05, 4.69) is 0 Å². The molecule has 2 heteroatoms. The van der Waals surface area contributed by atoms with Gasteiger partial charge in [0, 0.05) is 12.1 Å². The van der Waals surface area contributed by atoms with Gasteiger partial charge in [-0.2, -0.15) is 0 Å². The van der Waals surface area contributed by atoms with Crippen LogP contribution >= 0.6 is 0 Å². The van der Waals surface area contributed by atoms with Crippen LogP contribution < -0.4 is 5.73 Å². The summed E-state index contributed by atoms with van der Waals surface area (Å²) in [6, 6.07) is 5.56. The van der Waals surface area contributed by atoms with Gasteiger partial charge in [-0.1, -0.05) is 24.3 Å². The van der Waals surface area contributed by atoms with E-state index in [0.29, 0.717) is 12.3 Å². The Balaban J connectivity index is 2.94. The van der Waals surface area contributed by atoms with Crippen molar-refractivity contribution in [3.63, 3.8) is 0 Å². The van der Waals surface area contributed by atoms with Crippen LogP contribution in [0.25, 0.3) is 6.08 Å². The summed E-state index contributed by atoms with van der Waals surface area (Å²) in [4.78, 5) is 0. The number of aromatic hydroxyl groups is 1. The second kappa shape index (κ2) is 3.93. The van der Waals surface area contributed by atoms with E-state index in [9.17, 15) is 5.11 Å². The van der Waals surface area contributed by atoms with Crippen molar-refractivity contribution in [2.24, 2.45) is 5.73 Å². The molecule has 0 bridgehead atoms. The summed E-state index contributed by atoms with van der Waals surface area (Å²) in [7, 11) is 0. The first-order chi connectivity index (χ1) is 5.74. The van der Waals surface area contributed by atoms with E-state index < -0.39 is 0 Å². The van der Waals surface area contributed by atoms with Gasteiger partial charge in [0.25, 0.3) is 0 Å². The van der Waals surface area contributed by atoms with Crippen molar-refractivity contribution in [2.45, 2.75) is 6.92 Å². The van der Waals surface area contributed by atoms with Crippen molar-refractivity contribution in [1.29, 1.82) is 0 Å². The summed E-state index contributed by atoms with van der Waals surface area (Å²) in [6.45, 7) is 2.43. The molecule has 0 spiro atoms. The molecule has 0 fully saturated rings.